The average Bonchev–Trinajstić information content (AvgIpc) is 3.00. The van der Waals surface area contributed by atoms with Crippen LogP contribution in [0.25, 0.3) is 21.8 Å². The second-order valence-corrected chi connectivity index (χ2v) is 8.45. The maximum absolute atomic E-state index is 10.4. The van der Waals surface area contributed by atoms with E-state index in [1.165, 1.54) is 0 Å². The van der Waals surface area contributed by atoms with E-state index in [0.717, 1.165) is 21.8 Å². The van der Waals surface area contributed by atoms with Crippen molar-refractivity contribution in [2.24, 2.45) is 0 Å². The summed E-state index contributed by atoms with van der Waals surface area (Å²) in [5.74, 6) is -2.42. The third-order valence-corrected chi connectivity index (χ3v) is 5.64. The topological polar surface area (TPSA) is 325 Å². The summed E-state index contributed by atoms with van der Waals surface area (Å²) in [4.78, 5) is 64.1. The van der Waals surface area contributed by atoms with Crippen LogP contribution in [0.2, 0.25) is 0 Å². The first-order valence-electron chi connectivity index (χ1n) is 11.8. The van der Waals surface area contributed by atoms with Crippen molar-refractivity contribution in [2.75, 3.05) is 0 Å². The van der Waals surface area contributed by atoms with Gasteiger partial charge < -0.3 is 10.2 Å². The molecule has 0 saturated heterocycles. The smallest absolute Gasteiger partial charge is 0.324 e. The van der Waals surface area contributed by atoms with Crippen molar-refractivity contribution in [3.8, 4) is 11.5 Å². The van der Waals surface area contributed by atoms with E-state index >= 15 is 0 Å². The van der Waals surface area contributed by atoms with Crippen molar-refractivity contribution in [1.29, 1.82) is 0 Å². The van der Waals surface area contributed by atoms with Crippen LogP contribution in [0.3, 0.4) is 0 Å². The molecule has 0 aliphatic heterocycles. The van der Waals surface area contributed by atoms with Gasteiger partial charge in [0.15, 0.2) is 0 Å². The van der Waals surface area contributed by atoms with Crippen LogP contribution in [0.4, 0.5) is 34.1 Å². The van der Waals surface area contributed by atoms with E-state index in [2.05, 4.69) is 28.2 Å². The number of phenolic OH excluding ortho intramolecular Hbond substituents is 2. The predicted octanol–water partition coefficient (Wildman–Crippen LogP) is 5.02. The van der Waals surface area contributed by atoms with Gasteiger partial charge in [0, 0.05) is 23.2 Å². The fourth-order valence-corrected chi connectivity index (χ4v) is 3.59. The normalized spacial score (nSPS) is 10.1. The van der Waals surface area contributed by atoms with Gasteiger partial charge in [0.1, 0.15) is 0 Å². The van der Waals surface area contributed by atoms with Gasteiger partial charge in [-0.2, -0.15) is 0 Å². The van der Waals surface area contributed by atoms with Crippen LogP contribution in [0.1, 0.15) is 0 Å². The molecular formula is C24H14N8O14. The number of phenols is 2. The Morgan fingerprint density at radius 3 is 1.02 bits per heavy atom. The Labute approximate surface area is 251 Å². The van der Waals surface area contributed by atoms with E-state index in [1.807, 2.05) is 18.2 Å². The molecule has 0 saturated carbocycles. The monoisotopic (exact) mass is 638 g/mol. The highest BCUT2D eigenvalue weighted by Gasteiger charge is 2.31. The van der Waals surface area contributed by atoms with Gasteiger partial charge in [0.2, 0.25) is 0 Å². The molecule has 0 aliphatic carbocycles. The van der Waals surface area contributed by atoms with E-state index in [-0.39, 0.29) is 0 Å². The van der Waals surface area contributed by atoms with E-state index in [9.17, 15) is 60.7 Å². The molecule has 0 amide bonds. The molecule has 22 nitrogen and oxygen atoms in total. The molecule has 0 atom stereocenters. The number of nitro groups is 6. The Morgan fingerprint density at radius 2 is 0.761 bits per heavy atom. The Hall–Kier alpha value is -7.52. The summed E-state index contributed by atoms with van der Waals surface area (Å²) >= 11 is 0. The molecule has 0 spiro atoms. The molecule has 0 bridgehead atoms. The van der Waals surface area contributed by atoms with Crippen molar-refractivity contribution in [3.63, 3.8) is 0 Å². The van der Waals surface area contributed by atoms with Gasteiger partial charge in [-0.1, -0.05) is 12.1 Å². The zero-order valence-electron chi connectivity index (χ0n) is 22.3. The van der Waals surface area contributed by atoms with Gasteiger partial charge >= 0.3 is 22.7 Å². The number of nitrogens with zero attached hydrogens (tertiary/aromatic N) is 8. The van der Waals surface area contributed by atoms with Gasteiger partial charge in [-0.3, -0.25) is 70.7 Å². The summed E-state index contributed by atoms with van der Waals surface area (Å²) in [7, 11) is 0. The molecule has 2 aromatic heterocycles. The van der Waals surface area contributed by atoms with Crippen LogP contribution in [0, 0.1) is 60.7 Å². The van der Waals surface area contributed by atoms with E-state index in [1.54, 1.807) is 12.4 Å². The minimum atomic E-state index is -1.21. The van der Waals surface area contributed by atoms with Crippen molar-refractivity contribution >= 4 is 55.9 Å². The number of aromatic hydroxyl groups is 2. The fraction of sp³-hybridized carbons (Fsp3) is 0. The summed E-state index contributed by atoms with van der Waals surface area (Å²) < 4.78 is 0. The number of non-ortho nitro benzene ring substituents is 2. The van der Waals surface area contributed by atoms with Crippen molar-refractivity contribution in [3.05, 3.63) is 134 Å². The van der Waals surface area contributed by atoms with Gasteiger partial charge in [-0.25, -0.2) is 0 Å². The summed E-state index contributed by atoms with van der Waals surface area (Å²) in [5, 5.41) is 82.7. The quantitative estimate of drug-likeness (QED) is 0.140. The lowest BCUT2D eigenvalue weighted by atomic mass is 10.1. The van der Waals surface area contributed by atoms with Crippen LogP contribution in [-0.4, -0.2) is 49.7 Å². The first-order valence-corrected chi connectivity index (χ1v) is 11.8. The van der Waals surface area contributed by atoms with Crippen LogP contribution >= 0.6 is 0 Å². The Morgan fingerprint density at radius 1 is 0.457 bits per heavy atom. The molecular weight excluding hydrogens is 624 g/mol. The largest absolute Gasteiger partial charge is 0.497 e. The highest BCUT2D eigenvalue weighted by Crippen LogP contribution is 2.40. The standard InChI is InChI=1S/C12H8N2.2C6H3N3O7/c1-3-9-7-10-4-2-6-14-12(10)8-11(9)13-5-1;2*10-6-4(8(13)14)1-3(7(11)12)2-5(6)9(15)16/h1-8H;2*1-2,10H. The zero-order valence-corrected chi connectivity index (χ0v) is 22.3. The molecule has 234 valence electrons. The molecule has 0 fully saturated rings. The van der Waals surface area contributed by atoms with Crippen molar-refractivity contribution in [2.45, 2.75) is 0 Å². The molecule has 0 radical (unpaired) electrons. The lowest BCUT2D eigenvalue weighted by molar-refractivity contribution is -0.404. The number of hydrogen-bond donors (Lipinski definition) is 2. The third kappa shape index (κ3) is 7.46. The molecule has 2 N–H and O–H groups in total. The SMILES string of the molecule is O=[N+]([O-])c1cc([N+](=O)[O-])c(O)c([N+](=O)[O-])c1.O=[N+]([O-])c1cc([N+](=O)[O-])c(O)c([N+](=O)[O-])c1.c1cnc2cc3ncccc3cc2c1. The number of rotatable bonds is 6. The van der Waals surface area contributed by atoms with Gasteiger partial charge in [-0.15, -0.1) is 0 Å². The molecule has 0 aliphatic rings. The van der Waals surface area contributed by atoms with Crippen LogP contribution in [0.15, 0.2) is 73.1 Å². The van der Waals surface area contributed by atoms with Gasteiger partial charge in [0.05, 0.1) is 64.8 Å². The van der Waals surface area contributed by atoms with Crippen molar-refractivity contribution in [1.82, 2.24) is 9.97 Å². The maximum atomic E-state index is 10.4. The van der Waals surface area contributed by atoms with E-state index < -0.39 is 75.2 Å². The van der Waals surface area contributed by atoms with E-state index in [4.69, 9.17) is 10.2 Å². The lowest BCUT2D eigenvalue weighted by Gasteiger charge is -1.99. The van der Waals surface area contributed by atoms with Gasteiger partial charge in [-0.05, 0) is 24.3 Å². The summed E-state index contributed by atoms with van der Waals surface area (Å²) in [6, 6.07) is 13.9. The second kappa shape index (κ2) is 13.6. The third-order valence-electron chi connectivity index (χ3n) is 5.64. The molecule has 22 heteroatoms. The first kappa shape index (κ1) is 33.0. The second-order valence-electron chi connectivity index (χ2n) is 8.45. The van der Waals surface area contributed by atoms with Crippen LogP contribution in [-0.2, 0) is 0 Å². The molecule has 46 heavy (non-hydrogen) atoms. The maximum Gasteiger partial charge on any atom is 0.324 e. The first-order chi connectivity index (χ1) is 21.6. The molecule has 2 heterocycles. The zero-order chi connectivity index (χ0) is 34.3. The number of fused-ring (bicyclic) bond motifs is 2. The van der Waals surface area contributed by atoms with Crippen LogP contribution < -0.4 is 0 Å². The molecule has 0 unspecified atom stereocenters. The number of nitro benzene ring substituents is 6. The lowest BCUT2D eigenvalue weighted by Crippen LogP contribution is -1.97. The predicted molar refractivity (Wildman–Crippen MR) is 153 cm³/mol. The highest BCUT2D eigenvalue weighted by molar-refractivity contribution is 5.94. The Balaban J connectivity index is 0.000000188. The Bertz CT molecular complexity index is 1800. The summed E-state index contributed by atoms with van der Waals surface area (Å²) in [6.45, 7) is 0. The number of aromatic nitrogens is 2. The van der Waals surface area contributed by atoms with Crippen LogP contribution in [0.5, 0.6) is 11.5 Å². The van der Waals surface area contributed by atoms with Crippen molar-refractivity contribution < 1.29 is 39.8 Å². The number of benzene rings is 3. The minimum absolute atomic E-state index is 0.447. The fourth-order valence-electron chi connectivity index (χ4n) is 3.59. The highest BCUT2D eigenvalue weighted by atomic mass is 16.7. The molecule has 3 aromatic carbocycles. The van der Waals surface area contributed by atoms with Gasteiger partial charge in [0.25, 0.3) is 22.9 Å². The molecule has 5 aromatic rings. The Kier molecular flexibility index (Phi) is 9.78. The van der Waals surface area contributed by atoms with E-state index in [0.29, 0.717) is 24.3 Å². The average molecular weight is 638 g/mol. The summed E-state index contributed by atoms with van der Waals surface area (Å²) in [5.41, 5.74) is -4.01. The number of pyridine rings is 2. The molecule has 5 rings (SSSR count). The number of hydrogen-bond acceptors (Lipinski definition) is 16. The summed E-state index contributed by atoms with van der Waals surface area (Å²) in [6.07, 6.45) is 3.61. The minimum Gasteiger partial charge on any atom is -0.497 e.